The molecule has 0 radical (unpaired) electrons. The van der Waals surface area contributed by atoms with Crippen LogP contribution in [0.2, 0.25) is 0 Å². The third kappa shape index (κ3) is 6.31. The molecule has 0 unspecified atom stereocenters. The first-order valence-electron chi connectivity index (χ1n) is 10.3. The van der Waals surface area contributed by atoms with Crippen molar-refractivity contribution >= 4 is 29.9 Å². The molecule has 8 nitrogen and oxygen atoms in total. The molecule has 9 heteroatoms. The molecule has 0 bridgehead atoms. The Morgan fingerprint density at radius 1 is 1.20 bits per heavy atom. The molecule has 1 aromatic carbocycles. The van der Waals surface area contributed by atoms with Gasteiger partial charge in [-0.25, -0.2) is 9.98 Å². The van der Waals surface area contributed by atoms with Crippen molar-refractivity contribution in [2.75, 3.05) is 32.9 Å². The average molecular weight is 528 g/mol. The number of aromatic nitrogens is 3. The van der Waals surface area contributed by atoms with Crippen molar-refractivity contribution in [2.45, 2.75) is 38.6 Å². The Labute approximate surface area is 195 Å². The third-order valence-corrected chi connectivity index (χ3v) is 5.35. The van der Waals surface area contributed by atoms with Gasteiger partial charge in [-0.15, -0.1) is 24.0 Å². The van der Waals surface area contributed by atoms with E-state index in [1.165, 1.54) is 5.56 Å². The number of hydrogen-bond acceptors (Lipinski definition) is 5. The summed E-state index contributed by atoms with van der Waals surface area (Å²) in [6, 6.07) is 8.48. The molecule has 0 spiro atoms. The highest BCUT2D eigenvalue weighted by atomic mass is 127. The summed E-state index contributed by atoms with van der Waals surface area (Å²) in [5.41, 5.74) is 1.31. The number of benzene rings is 1. The normalized spacial score (nSPS) is 15.9. The van der Waals surface area contributed by atoms with Gasteiger partial charge in [0.1, 0.15) is 24.4 Å². The second-order valence-electron chi connectivity index (χ2n) is 7.20. The molecular weight excluding hydrogens is 495 g/mol. The maximum atomic E-state index is 5.66. The summed E-state index contributed by atoms with van der Waals surface area (Å²) in [6.07, 6.45) is 3.49. The van der Waals surface area contributed by atoms with Crippen molar-refractivity contribution in [2.24, 2.45) is 12.0 Å². The number of halogens is 1. The Hall–Kier alpha value is -1.88. The standard InChI is InChI=1S/C21H32N6O2.HI/c1-4-22-20(23-14-19-25-16-26-27(19)3)24-15-21(10-12-28-13-11-21)17-6-8-18(9-7-17)29-5-2;/h6-9,16H,4-5,10-15H2,1-3H3,(H2,22,23,24);1H. The van der Waals surface area contributed by atoms with Crippen LogP contribution in [-0.4, -0.2) is 53.6 Å². The van der Waals surface area contributed by atoms with Gasteiger partial charge in [-0.05, 0) is 44.4 Å². The molecule has 3 rings (SSSR count). The summed E-state index contributed by atoms with van der Waals surface area (Å²) in [4.78, 5) is 8.93. The van der Waals surface area contributed by atoms with Gasteiger partial charge in [0.15, 0.2) is 5.96 Å². The number of guanidine groups is 1. The summed E-state index contributed by atoms with van der Waals surface area (Å²) in [7, 11) is 1.88. The lowest BCUT2D eigenvalue weighted by Crippen LogP contribution is -2.48. The molecule has 1 aromatic heterocycles. The predicted molar refractivity (Wildman–Crippen MR) is 129 cm³/mol. The van der Waals surface area contributed by atoms with E-state index >= 15 is 0 Å². The van der Waals surface area contributed by atoms with E-state index in [-0.39, 0.29) is 29.4 Å². The Kier molecular flexibility index (Phi) is 9.83. The minimum atomic E-state index is 0. The predicted octanol–water partition coefficient (Wildman–Crippen LogP) is 2.64. The Morgan fingerprint density at radius 3 is 2.53 bits per heavy atom. The smallest absolute Gasteiger partial charge is 0.191 e. The maximum absolute atomic E-state index is 5.66. The summed E-state index contributed by atoms with van der Waals surface area (Å²) in [6.45, 7) is 8.33. The van der Waals surface area contributed by atoms with Gasteiger partial charge in [-0.2, -0.15) is 5.10 Å². The van der Waals surface area contributed by atoms with Crippen LogP contribution in [0.15, 0.2) is 35.6 Å². The number of nitrogens with one attached hydrogen (secondary N) is 2. The molecule has 2 heterocycles. The largest absolute Gasteiger partial charge is 0.494 e. The lowest BCUT2D eigenvalue weighted by atomic mass is 9.74. The van der Waals surface area contributed by atoms with E-state index in [1.807, 2.05) is 14.0 Å². The average Bonchev–Trinajstić information content (AvgIpc) is 3.16. The molecule has 30 heavy (non-hydrogen) atoms. The molecule has 166 valence electrons. The molecule has 1 fully saturated rings. The third-order valence-electron chi connectivity index (χ3n) is 5.35. The van der Waals surface area contributed by atoms with Crippen molar-refractivity contribution in [1.82, 2.24) is 25.4 Å². The highest BCUT2D eigenvalue weighted by Crippen LogP contribution is 2.35. The number of rotatable bonds is 8. The number of nitrogens with zero attached hydrogens (tertiary/aromatic N) is 4. The van der Waals surface area contributed by atoms with E-state index in [2.05, 4.69) is 56.9 Å². The minimum Gasteiger partial charge on any atom is -0.494 e. The lowest BCUT2D eigenvalue weighted by molar-refractivity contribution is 0.0513. The molecule has 0 aliphatic carbocycles. The van der Waals surface area contributed by atoms with Crippen LogP contribution in [0.4, 0.5) is 0 Å². The highest BCUT2D eigenvalue weighted by molar-refractivity contribution is 14.0. The van der Waals surface area contributed by atoms with E-state index < -0.39 is 0 Å². The Morgan fingerprint density at radius 2 is 1.93 bits per heavy atom. The summed E-state index contributed by atoms with van der Waals surface area (Å²) in [5.74, 6) is 2.52. The number of aliphatic imine (C=N–C) groups is 1. The van der Waals surface area contributed by atoms with Gasteiger partial charge in [0.25, 0.3) is 0 Å². The quantitative estimate of drug-likeness (QED) is 0.312. The molecule has 0 saturated carbocycles. The van der Waals surface area contributed by atoms with Gasteiger partial charge in [0.2, 0.25) is 0 Å². The molecule has 1 aliphatic rings. The van der Waals surface area contributed by atoms with E-state index in [9.17, 15) is 0 Å². The molecule has 1 saturated heterocycles. The van der Waals surface area contributed by atoms with Crippen LogP contribution in [0.1, 0.15) is 38.1 Å². The van der Waals surface area contributed by atoms with E-state index in [1.54, 1.807) is 11.0 Å². The monoisotopic (exact) mass is 528 g/mol. The summed E-state index contributed by atoms with van der Waals surface area (Å²) >= 11 is 0. The Bertz CT molecular complexity index is 787. The summed E-state index contributed by atoms with van der Waals surface area (Å²) < 4.78 is 13.0. The first-order chi connectivity index (χ1) is 14.2. The number of aryl methyl sites for hydroxylation is 1. The fraction of sp³-hybridized carbons (Fsp3) is 0.571. The second kappa shape index (κ2) is 12.1. The zero-order chi connectivity index (χ0) is 20.5. The van der Waals surface area contributed by atoms with Crippen LogP contribution in [-0.2, 0) is 23.7 Å². The molecule has 1 aliphatic heterocycles. The van der Waals surface area contributed by atoms with E-state index in [0.717, 1.165) is 56.7 Å². The molecule has 0 amide bonds. The van der Waals surface area contributed by atoms with Gasteiger partial charge in [-0.3, -0.25) is 4.68 Å². The Balaban J connectivity index is 0.00000320. The SMILES string of the molecule is CCNC(=NCc1ncnn1C)NCC1(c2ccc(OCC)cc2)CCOCC1.I. The van der Waals surface area contributed by atoms with Crippen LogP contribution < -0.4 is 15.4 Å². The fourth-order valence-electron chi connectivity index (χ4n) is 3.61. The van der Waals surface area contributed by atoms with Crippen LogP contribution in [0.3, 0.4) is 0 Å². The fourth-order valence-corrected chi connectivity index (χ4v) is 3.61. The second-order valence-corrected chi connectivity index (χ2v) is 7.20. The van der Waals surface area contributed by atoms with Gasteiger partial charge in [0.05, 0.1) is 6.61 Å². The summed E-state index contributed by atoms with van der Waals surface area (Å²) in [5, 5.41) is 11.0. The van der Waals surface area contributed by atoms with Crippen molar-refractivity contribution in [3.63, 3.8) is 0 Å². The van der Waals surface area contributed by atoms with E-state index in [4.69, 9.17) is 9.47 Å². The van der Waals surface area contributed by atoms with E-state index in [0.29, 0.717) is 13.2 Å². The number of ether oxygens (including phenoxy) is 2. The highest BCUT2D eigenvalue weighted by Gasteiger charge is 2.34. The minimum absolute atomic E-state index is 0. The molecule has 2 N–H and O–H groups in total. The first-order valence-corrected chi connectivity index (χ1v) is 10.3. The van der Waals surface area contributed by atoms with Crippen molar-refractivity contribution in [3.05, 3.63) is 42.0 Å². The van der Waals surface area contributed by atoms with Crippen molar-refractivity contribution in [3.8, 4) is 5.75 Å². The number of hydrogen-bond donors (Lipinski definition) is 2. The van der Waals surface area contributed by atoms with Crippen molar-refractivity contribution < 1.29 is 9.47 Å². The first kappa shape index (κ1) is 24.4. The van der Waals surface area contributed by atoms with Crippen LogP contribution in [0.5, 0.6) is 5.75 Å². The van der Waals surface area contributed by atoms with Gasteiger partial charge in [0, 0.05) is 38.8 Å². The van der Waals surface area contributed by atoms with Crippen LogP contribution in [0.25, 0.3) is 0 Å². The maximum Gasteiger partial charge on any atom is 0.191 e. The van der Waals surface area contributed by atoms with Gasteiger partial charge >= 0.3 is 0 Å². The zero-order valence-corrected chi connectivity index (χ0v) is 20.4. The molecule has 0 atom stereocenters. The van der Waals surface area contributed by atoms with Crippen LogP contribution in [0, 0.1) is 0 Å². The van der Waals surface area contributed by atoms with Gasteiger partial charge in [-0.1, -0.05) is 12.1 Å². The van der Waals surface area contributed by atoms with Crippen molar-refractivity contribution in [1.29, 1.82) is 0 Å². The molecular formula is C21H33IN6O2. The lowest BCUT2D eigenvalue weighted by Gasteiger charge is -2.38. The van der Waals surface area contributed by atoms with Gasteiger partial charge < -0.3 is 20.1 Å². The topological polar surface area (TPSA) is 85.6 Å². The molecule has 2 aromatic rings. The van der Waals surface area contributed by atoms with Crippen LogP contribution >= 0.6 is 24.0 Å². The zero-order valence-electron chi connectivity index (χ0n) is 18.1.